The minimum atomic E-state index is -0.468. The molecule has 1 aliphatic rings. The molecule has 2 N–H and O–H groups in total. The number of carbonyl (C=O) groups excluding carboxylic acids is 2. The van der Waals surface area contributed by atoms with Crippen LogP contribution in [0.1, 0.15) is 39.2 Å². The molecule has 0 spiro atoms. The number of piperidine rings is 1. The molecule has 0 atom stereocenters. The third kappa shape index (κ3) is 6.52. The molecule has 7 heteroatoms. The van der Waals surface area contributed by atoms with Crippen molar-refractivity contribution in [3.63, 3.8) is 0 Å². The van der Waals surface area contributed by atoms with Crippen molar-refractivity contribution in [1.82, 2.24) is 4.90 Å². The summed E-state index contributed by atoms with van der Waals surface area (Å²) in [6.07, 6.45) is 1.74. The summed E-state index contributed by atoms with van der Waals surface area (Å²) in [5, 5.41) is 0. The van der Waals surface area contributed by atoms with E-state index in [2.05, 4.69) is 15.9 Å². The highest BCUT2D eigenvalue weighted by Crippen LogP contribution is 2.28. The van der Waals surface area contributed by atoms with Gasteiger partial charge in [0, 0.05) is 13.1 Å². The zero-order valence-electron chi connectivity index (χ0n) is 15.6. The SMILES string of the molecule is CC(C)(C)OC(=O)N1CCC(COc2ccc(CC(N)=O)cc2Br)CC1. The second-order valence-corrected chi connectivity index (χ2v) is 8.48. The molecule has 144 valence electrons. The lowest BCUT2D eigenvalue weighted by Gasteiger charge is -2.33. The van der Waals surface area contributed by atoms with Gasteiger partial charge in [0.05, 0.1) is 17.5 Å². The number of ether oxygens (including phenoxy) is 2. The molecule has 26 heavy (non-hydrogen) atoms. The van der Waals surface area contributed by atoms with Crippen LogP contribution in [-0.4, -0.2) is 42.2 Å². The van der Waals surface area contributed by atoms with E-state index in [0.29, 0.717) is 25.6 Å². The number of rotatable bonds is 5. The number of nitrogens with two attached hydrogens (primary N) is 1. The van der Waals surface area contributed by atoms with Gasteiger partial charge in [-0.1, -0.05) is 6.07 Å². The Morgan fingerprint density at radius 3 is 2.46 bits per heavy atom. The lowest BCUT2D eigenvalue weighted by Crippen LogP contribution is -2.42. The van der Waals surface area contributed by atoms with Gasteiger partial charge in [-0.05, 0) is 73.2 Å². The van der Waals surface area contributed by atoms with Crippen LogP contribution in [0.25, 0.3) is 0 Å². The van der Waals surface area contributed by atoms with Gasteiger partial charge in [0.25, 0.3) is 0 Å². The average Bonchev–Trinajstić information content (AvgIpc) is 2.52. The molecule has 0 radical (unpaired) electrons. The predicted molar refractivity (Wildman–Crippen MR) is 103 cm³/mol. The molecule has 0 saturated carbocycles. The lowest BCUT2D eigenvalue weighted by molar-refractivity contribution is -0.117. The molecular weight excluding hydrogens is 400 g/mol. The number of hydrogen-bond donors (Lipinski definition) is 1. The Morgan fingerprint density at radius 2 is 1.92 bits per heavy atom. The van der Waals surface area contributed by atoms with Crippen LogP contribution in [0.3, 0.4) is 0 Å². The van der Waals surface area contributed by atoms with Crippen molar-refractivity contribution in [2.45, 2.75) is 45.6 Å². The Balaban J connectivity index is 1.80. The number of nitrogens with zero attached hydrogens (tertiary/aromatic N) is 1. The van der Waals surface area contributed by atoms with Crippen molar-refractivity contribution in [2.24, 2.45) is 11.7 Å². The smallest absolute Gasteiger partial charge is 0.410 e. The summed E-state index contributed by atoms with van der Waals surface area (Å²) in [6.45, 7) is 7.58. The van der Waals surface area contributed by atoms with Crippen molar-refractivity contribution in [3.05, 3.63) is 28.2 Å². The Kier molecular flexibility index (Phi) is 6.92. The summed E-state index contributed by atoms with van der Waals surface area (Å²) < 4.78 is 12.1. The fourth-order valence-corrected chi connectivity index (χ4v) is 3.33. The number of halogens is 1. The standard InChI is InChI=1S/C19H27BrN2O4/c1-19(2,3)26-18(24)22-8-6-13(7-9-22)12-25-16-5-4-14(10-15(16)20)11-17(21)23/h4-5,10,13H,6-9,11-12H2,1-3H3,(H2,21,23). The van der Waals surface area contributed by atoms with E-state index in [0.717, 1.165) is 28.6 Å². The molecule has 2 amide bonds. The van der Waals surface area contributed by atoms with Crippen molar-refractivity contribution in [2.75, 3.05) is 19.7 Å². The highest BCUT2D eigenvalue weighted by atomic mass is 79.9. The number of benzene rings is 1. The molecule has 0 aromatic heterocycles. The maximum atomic E-state index is 12.1. The Bertz CT molecular complexity index is 649. The van der Waals surface area contributed by atoms with Crippen LogP contribution in [0.5, 0.6) is 5.75 Å². The Morgan fingerprint density at radius 1 is 1.27 bits per heavy atom. The minimum Gasteiger partial charge on any atom is -0.492 e. The molecule has 1 aromatic carbocycles. The van der Waals surface area contributed by atoms with Gasteiger partial charge in [0.2, 0.25) is 5.91 Å². The number of primary amides is 1. The van der Waals surface area contributed by atoms with E-state index in [1.165, 1.54) is 0 Å². The molecule has 0 aliphatic carbocycles. The molecule has 1 aromatic rings. The minimum absolute atomic E-state index is 0.210. The second kappa shape index (κ2) is 8.75. The largest absolute Gasteiger partial charge is 0.492 e. The third-order valence-electron chi connectivity index (χ3n) is 4.12. The van der Waals surface area contributed by atoms with E-state index in [1.54, 1.807) is 4.90 Å². The van der Waals surface area contributed by atoms with Crippen molar-refractivity contribution in [1.29, 1.82) is 0 Å². The van der Waals surface area contributed by atoms with Crippen LogP contribution in [-0.2, 0) is 16.0 Å². The number of likely N-dealkylation sites (tertiary alicyclic amines) is 1. The normalized spacial score (nSPS) is 15.6. The molecule has 6 nitrogen and oxygen atoms in total. The van der Waals surface area contributed by atoms with Crippen LogP contribution in [0.4, 0.5) is 4.79 Å². The number of carbonyl (C=O) groups is 2. The lowest BCUT2D eigenvalue weighted by atomic mass is 9.98. The maximum absolute atomic E-state index is 12.1. The summed E-state index contributed by atoms with van der Waals surface area (Å²) in [6, 6.07) is 5.54. The fraction of sp³-hybridized carbons (Fsp3) is 0.579. The van der Waals surface area contributed by atoms with Gasteiger partial charge >= 0.3 is 6.09 Å². The Hall–Kier alpha value is -1.76. The fourth-order valence-electron chi connectivity index (χ4n) is 2.79. The van der Waals surface area contributed by atoms with E-state index < -0.39 is 5.60 Å². The molecular formula is C19H27BrN2O4. The summed E-state index contributed by atoms with van der Waals surface area (Å²) in [5.41, 5.74) is 5.59. The Labute approximate surface area is 163 Å². The monoisotopic (exact) mass is 426 g/mol. The first-order valence-electron chi connectivity index (χ1n) is 8.81. The molecule has 1 aliphatic heterocycles. The van der Waals surface area contributed by atoms with Gasteiger partial charge < -0.3 is 20.1 Å². The van der Waals surface area contributed by atoms with E-state index in [1.807, 2.05) is 39.0 Å². The molecule has 1 fully saturated rings. The topological polar surface area (TPSA) is 81.9 Å². The molecule has 2 rings (SSSR count). The summed E-state index contributed by atoms with van der Waals surface area (Å²) in [4.78, 5) is 24.8. The van der Waals surface area contributed by atoms with Crippen molar-refractivity contribution >= 4 is 27.9 Å². The summed E-state index contributed by atoms with van der Waals surface area (Å²) in [7, 11) is 0. The number of amides is 2. The van der Waals surface area contributed by atoms with Gasteiger partial charge in [-0.15, -0.1) is 0 Å². The quantitative estimate of drug-likeness (QED) is 0.780. The zero-order valence-corrected chi connectivity index (χ0v) is 17.2. The van der Waals surface area contributed by atoms with E-state index in [4.69, 9.17) is 15.2 Å². The highest BCUT2D eigenvalue weighted by molar-refractivity contribution is 9.10. The van der Waals surface area contributed by atoms with Crippen LogP contribution < -0.4 is 10.5 Å². The van der Waals surface area contributed by atoms with E-state index in [-0.39, 0.29) is 18.4 Å². The van der Waals surface area contributed by atoms with Gasteiger partial charge in [-0.3, -0.25) is 4.79 Å². The van der Waals surface area contributed by atoms with Crippen LogP contribution in [0.15, 0.2) is 22.7 Å². The predicted octanol–water partition coefficient (Wildman–Crippen LogP) is 3.50. The van der Waals surface area contributed by atoms with E-state index in [9.17, 15) is 9.59 Å². The average molecular weight is 427 g/mol. The van der Waals surface area contributed by atoms with Crippen LogP contribution in [0.2, 0.25) is 0 Å². The first kappa shape index (κ1) is 20.6. The van der Waals surface area contributed by atoms with Crippen LogP contribution >= 0.6 is 15.9 Å². The van der Waals surface area contributed by atoms with Gasteiger partial charge in [0.1, 0.15) is 11.4 Å². The maximum Gasteiger partial charge on any atom is 0.410 e. The summed E-state index contributed by atoms with van der Waals surface area (Å²) in [5.74, 6) is 0.779. The van der Waals surface area contributed by atoms with Crippen LogP contribution in [0, 0.1) is 5.92 Å². The highest BCUT2D eigenvalue weighted by Gasteiger charge is 2.27. The first-order valence-corrected chi connectivity index (χ1v) is 9.61. The zero-order chi connectivity index (χ0) is 19.3. The van der Waals surface area contributed by atoms with Crippen molar-refractivity contribution in [3.8, 4) is 5.75 Å². The number of hydrogen-bond acceptors (Lipinski definition) is 4. The van der Waals surface area contributed by atoms with Gasteiger partial charge in [-0.2, -0.15) is 0 Å². The van der Waals surface area contributed by atoms with E-state index >= 15 is 0 Å². The summed E-state index contributed by atoms with van der Waals surface area (Å²) >= 11 is 3.47. The first-order chi connectivity index (χ1) is 12.1. The second-order valence-electron chi connectivity index (χ2n) is 7.63. The molecule has 1 heterocycles. The molecule has 1 saturated heterocycles. The van der Waals surface area contributed by atoms with Crippen molar-refractivity contribution < 1.29 is 19.1 Å². The van der Waals surface area contributed by atoms with Gasteiger partial charge in [0.15, 0.2) is 0 Å². The molecule has 0 unspecified atom stereocenters. The van der Waals surface area contributed by atoms with Gasteiger partial charge in [-0.25, -0.2) is 4.79 Å². The third-order valence-corrected chi connectivity index (χ3v) is 4.74. The molecule has 0 bridgehead atoms.